The number of hydrogen-bond donors (Lipinski definition) is 2. The van der Waals surface area contributed by atoms with Crippen molar-refractivity contribution in [2.24, 2.45) is 5.16 Å². The predicted molar refractivity (Wildman–Crippen MR) is 169 cm³/mol. The molecule has 0 saturated carbocycles. The van der Waals surface area contributed by atoms with Crippen LogP contribution in [0.1, 0.15) is 60.1 Å². The number of anilines is 1. The topological polar surface area (TPSA) is 192 Å². The molecule has 0 bridgehead atoms. The predicted octanol–water partition coefficient (Wildman–Crippen LogP) is 2.57. The van der Waals surface area contributed by atoms with Crippen molar-refractivity contribution in [2.45, 2.75) is 77.0 Å². The first-order valence-corrected chi connectivity index (χ1v) is 16.9. The normalized spacial score (nSPS) is 20.1. The molecule has 3 amide bonds. The van der Waals surface area contributed by atoms with Crippen LogP contribution < -0.4 is 10.6 Å². The highest BCUT2D eigenvalue weighted by Gasteiger charge is 2.57. The Labute approximate surface area is 273 Å². The number of hydrogen-bond acceptors (Lipinski definition) is 13. The van der Waals surface area contributed by atoms with Crippen molar-refractivity contribution in [3.05, 3.63) is 22.3 Å². The van der Waals surface area contributed by atoms with Crippen molar-refractivity contribution >= 4 is 83.9 Å². The number of amides is 3. The number of halogens is 1. The molecule has 3 heterocycles. The van der Waals surface area contributed by atoms with Crippen LogP contribution in [-0.2, 0) is 48.8 Å². The van der Waals surface area contributed by atoms with E-state index in [9.17, 15) is 28.2 Å². The van der Waals surface area contributed by atoms with Crippen LogP contribution in [0.2, 0.25) is 0 Å². The van der Waals surface area contributed by atoms with Crippen molar-refractivity contribution in [3.63, 3.8) is 0 Å². The zero-order chi connectivity index (χ0) is 33.7. The monoisotopic (exact) mass is 707 g/mol. The Balaban J connectivity index is 1.89. The van der Waals surface area contributed by atoms with Gasteiger partial charge in [0.15, 0.2) is 10.8 Å². The number of nitrogens with one attached hydrogen (secondary N) is 2. The van der Waals surface area contributed by atoms with Crippen LogP contribution in [0.4, 0.5) is 9.93 Å². The molecule has 2 unspecified atom stereocenters. The first kappa shape index (κ1) is 36.3. The molecule has 1 saturated heterocycles. The van der Waals surface area contributed by atoms with Gasteiger partial charge < -0.3 is 24.2 Å². The number of ether oxygens (including phenoxy) is 2. The first-order chi connectivity index (χ1) is 21.0. The lowest BCUT2D eigenvalue weighted by Gasteiger charge is -2.49. The SMILES string of the molecule is CCCCOC(=O)C(C)(C)O/N=C(\C(=O)N[C@@H]1C(=O)N2C(C(=O)OP)=C(CCl)CS(=O)[C@H]12)c1csc(NC(=O)OC(C)(C)C)n1. The molecule has 248 valence electrons. The highest BCUT2D eigenvalue weighted by atomic mass is 35.5. The van der Waals surface area contributed by atoms with E-state index in [1.807, 2.05) is 6.92 Å². The number of β-lactam (4-membered cyclic amide) rings is 1. The number of carbonyl (C=O) groups is 5. The van der Waals surface area contributed by atoms with Gasteiger partial charge in [0, 0.05) is 11.3 Å². The maximum absolute atomic E-state index is 13.6. The highest BCUT2D eigenvalue weighted by molar-refractivity contribution is 7.86. The molecular formula is C26H35ClN5O10PS2. The molecule has 19 heteroatoms. The molecule has 2 aliphatic heterocycles. The summed E-state index contributed by atoms with van der Waals surface area (Å²) >= 11 is 6.88. The zero-order valence-electron chi connectivity index (χ0n) is 25.5. The van der Waals surface area contributed by atoms with E-state index >= 15 is 0 Å². The number of aromatic nitrogens is 1. The average Bonchev–Trinajstić information content (AvgIpc) is 3.41. The second kappa shape index (κ2) is 15.0. The van der Waals surface area contributed by atoms with Gasteiger partial charge in [-0.15, -0.1) is 22.9 Å². The molecule has 2 N–H and O–H groups in total. The van der Waals surface area contributed by atoms with Crippen LogP contribution in [-0.4, -0.2) is 90.5 Å². The van der Waals surface area contributed by atoms with Gasteiger partial charge in [-0.3, -0.25) is 24.0 Å². The summed E-state index contributed by atoms with van der Waals surface area (Å²) in [6, 6.07) is -1.32. The molecule has 45 heavy (non-hydrogen) atoms. The molecule has 4 atom stereocenters. The van der Waals surface area contributed by atoms with E-state index in [0.717, 1.165) is 22.7 Å². The summed E-state index contributed by atoms with van der Waals surface area (Å²) in [5.74, 6) is -3.60. The molecule has 2 aliphatic rings. The molecular weight excluding hydrogens is 673 g/mol. The summed E-state index contributed by atoms with van der Waals surface area (Å²) in [6.07, 6.45) is 0.646. The molecule has 1 aromatic rings. The minimum Gasteiger partial charge on any atom is -0.463 e. The number of carbonyl (C=O) groups excluding carboxylic acids is 5. The van der Waals surface area contributed by atoms with E-state index in [2.05, 4.69) is 20.8 Å². The Kier molecular flexibility index (Phi) is 12.1. The van der Waals surface area contributed by atoms with Crippen molar-refractivity contribution in [1.82, 2.24) is 15.2 Å². The van der Waals surface area contributed by atoms with Gasteiger partial charge >= 0.3 is 18.0 Å². The summed E-state index contributed by atoms with van der Waals surface area (Å²) in [5, 5.41) is 9.19. The van der Waals surface area contributed by atoms with Crippen LogP contribution in [0.3, 0.4) is 0 Å². The number of unbranched alkanes of at least 4 members (excludes halogenated alkanes) is 1. The second-order valence-corrected chi connectivity index (χ2v) is 14.2. The molecule has 0 aromatic carbocycles. The maximum atomic E-state index is 13.6. The van der Waals surface area contributed by atoms with Gasteiger partial charge in [-0.2, -0.15) is 0 Å². The highest BCUT2D eigenvalue weighted by Crippen LogP contribution is 2.36. The van der Waals surface area contributed by atoms with Gasteiger partial charge in [0.05, 0.1) is 32.6 Å². The average molecular weight is 708 g/mol. The van der Waals surface area contributed by atoms with Gasteiger partial charge in [0.1, 0.15) is 28.4 Å². The number of thiazole rings is 1. The van der Waals surface area contributed by atoms with Crippen molar-refractivity contribution in [3.8, 4) is 0 Å². The van der Waals surface area contributed by atoms with Crippen LogP contribution in [0, 0.1) is 0 Å². The molecule has 15 nitrogen and oxygen atoms in total. The number of oxime groups is 1. The van der Waals surface area contributed by atoms with E-state index in [4.69, 9.17) is 30.4 Å². The Morgan fingerprint density at radius 2 is 1.93 bits per heavy atom. The van der Waals surface area contributed by atoms with Crippen LogP contribution >= 0.6 is 32.4 Å². The van der Waals surface area contributed by atoms with Gasteiger partial charge in [-0.05, 0) is 46.6 Å². The van der Waals surface area contributed by atoms with E-state index in [-0.39, 0.29) is 40.3 Å². The lowest BCUT2D eigenvalue weighted by Crippen LogP contribution is -2.74. The van der Waals surface area contributed by atoms with Gasteiger partial charge in [-0.25, -0.2) is 19.4 Å². The van der Waals surface area contributed by atoms with Crippen LogP contribution in [0.25, 0.3) is 0 Å². The quantitative estimate of drug-likeness (QED) is 0.0617. The summed E-state index contributed by atoms with van der Waals surface area (Å²) in [4.78, 5) is 74.7. The largest absolute Gasteiger partial charge is 0.463 e. The molecule has 1 fully saturated rings. The zero-order valence-corrected chi connectivity index (χ0v) is 29.0. The van der Waals surface area contributed by atoms with Crippen molar-refractivity contribution < 1.29 is 47.0 Å². The Hall–Kier alpha value is -3.14. The standard InChI is InChI=1S/C26H35ClN5O10PS2/c1-7-8-9-39-22(36)26(5,6)42-31-15(14-11-44-23(28-14)30-24(37)40-25(2,3)4)18(33)29-16-19(34)32-17(21(35)41-43)13(10-27)12-45(38)20(16)32/h11,16,20H,7-10,12,43H2,1-6H3,(H,29,33)(H,28,30,37)/b31-15-/t16-,20-,45?/m1/s1. The smallest absolute Gasteiger partial charge is 0.413 e. The Morgan fingerprint density at radius 1 is 1.24 bits per heavy atom. The summed E-state index contributed by atoms with van der Waals surface area (Å²) in [7, 11) is 0.0466. The fourth-order valence-electron chi connectivity index (χ4n) is 3.93. The third kappa shape index (κ3) is 8.77. The Morgan fingerprint density at radius 3 is 2.53 bits per heavy atom. The first-order valence-electron chi connectivity index (χ1n) is 13.6. The van der Waals surface area contributed by atoms with Crippen molar-refractivity contribution in [1.29, 1.82) is 0 Å². The lowest BCUT2D eigenvalue weighted by atomic mass is 10.0. The fourth-order valence-corrected chi connectivity index (χ4v) is 6.74. The van der Waals surface area contributed by atoms with Gasteiger partial charge in [-0.1, -0.05) is 18.5 Å². The van der Waals surface area contributed by atoms with Crippen molar-refractivity contribution in [2.75, 3.05) is 23.6 Å². The van der Waals surface area contributed by atoms with E-state index < -0.39 is 69.0 Å². The van der Waals surface area contributed by atoms with Crippen LogP contribution in [0.15, 0.2) is 21.8 Å². The molecule has 3 rings (SSSR count). The number of fused-ring (bicyclic) bond motifs is 1. The third-order valence-corrected chi connectivity index (χ3v) is 9.06. The molecule has 0 spiro atoms. The minimum atomic E-state index is -1.74. The second-order valence-electron chi connectivity index (χ2n) is 11.3. The lowest BCUT2D eigenvalue weighted by molar-refractivity contribution is -0.168. The number of nitrogens with zero attached hydrogens (tertiary/aromatic N) is 3. The van der Waals surface area contributed by atoms with E-state index in [1.54, 1.807) is 30.2 Å². The molecule has 0 radical (unpaired) electrons. The number of rotatable bonds is 12. The van der Waals surface area contributed by atoms with Gasteiger partial charge in [0.25, 0.3) is 11.8 Å². The molecule has 1 aromatic heterocycles. The van der Waals surface area contributed by atoms with Crippen LogP contribution in [0.5, 0.6) is 0 Å². The fraction of sp³-hybridized carbons (Fsp3) is 0.577. The van der Waals surface area contributed by atoms with E-state index in [1.165, 1.54) is 19.2 Å². The minimum absolute atomic E-state index is 0.0524. The third-order valence-electron chi connectivity index (χ3n) is 6.11. The summed E-state index contributed by atoms with van der Waals surface area (Å²) < 4.78 is 28.2. The Bertz CT molecular complexity index is 1440. The number of alkyl halides is 1. The van der Waals surface area contributed by atoms with Gasteiger partial charge in [0.2, 0.25) is 5.60 Å². The molecule has 0 aliphatic carbocycles. The number of esters is 1. The maximum Gasteiger partial charge on any atom is 0.413 e. The summed E-state index contributed by atoms with van der Waals surface area (Å²) in [5.41, 5.74) is -2.84. The summed E-state index contributed by atoms with van der Waals surface area (Å²) in [6.45, 7) is 9.93. The van der Waals surface area contributed by atoms with E-state index in [0.29, 0.717) is 6.42 Å².